The molecular formula is C16H23ClN2. The van der Waals surface area contributed by atoms with Gasteiger partial charge >= 0.3 is 0 Å². The second-order valence-electron chi connectivity index (χ2n) is 6.18. The molecule has 1 aromatic carbocycles. The molecule has 2 fully saturated rings. The lowest BCUT2D eigenvalue weighted by Gasteiger charge is -2.41. The number of nitrogens with two attached hydrogens (primary N) is 1. The Hall–Kier alpha value is -0.730. The highest BCUT2D eigenvalue weighted by Crippen LogP contribution is 2.36. The van der Waals surface area contributed by atoms with Crippen molar-refractivity contribution in [3.8, 4) is 0 Å². The average Bonchev–Trinajstić information content (AvgIpc) is 2.43. The van der Waals surface area contributed by atoms with Crippen molar-refractivity contribution < 1.29 is 0 Å². The number of hydrogen-bond acceptors (Lipinski definition) is 2. The lowest BCUT2D eigenvalue weighted by Crippen LogP contribution is -2.41. The Bertz CT molecular complexity index is 446. The van der Waals surface area contributed by atoms with Crippen molar-refractivity contribution in [2.75, 3.05) is 18.8 Å². The molecule has 2 unspecified atom stereocenters. The molecule has 0 amide bonds. The first-order valence-electron chi connectivity index (χ1n) is 7.48. The van der Waals surface area contributed by atoms with Gasteiger partial charge in [-0.05, 0) is 48.9 Å². The smallest absolute Gasteiger partial charge is 0.0638 e. The molecule has 2 aliphatic rings. The monoisotopic (exact) mass is 278 g/mol. The van der Waals surface area contributed by atoms with E-state index in [4.69, 9.17) is 17.3 Å². The van der Waals surface area contributed by atoms with Crippen molar-refractivity contribution in [1.82, 2.24) is 4.90 Å². The third-order valence-electron chi connectivity index (χ3n) is 4.85. The number of nitrogens with zero attached hydrogens (tertiary/aromatic N) is 1. The number of piperidine rings is 1. The fraction of sp³-hybridized carbons (Fsp3) is 0.625. The molecule has 0 radical (unpaired) electrons. The van der Waals surface area contributed by atoms with Crippen molar-refractivity contribution in [2.45, 2.75) is 38.6 Å². The summed E-state index contributed by atoms with van der Waals surface area (Å²) in [5, 5.41) is 0.685. The van der Waals surface area contributed by atoms with Gasteiger partial charge in [-0.2, -0.15) is 0 Å². The third-order valence-corrected chi connectivity index (χ3v) is 5.17. The van der Waals surface area contributed by atoms with Gasteiger partial charge in [0.05, 0.1) is 10.7 Å². The summed E-state index contributed by atoms with van der Waals surface area (Å²) in [6.45, 7) is 3.53. The highest BCUT2D eigenvalue weighted by molar-refractivity contribution is 6.33. The van der Waals surface area contributed by atoms with Crippen LogP contribution >= 0.6 is 11.6 Å². The van der Waals surface area contributed by atoms with Crippen molar-refractivity contribution >= 4 is 17.3 Å². The molecule has 2 N–H and O–H groups in total. The van der Waals surface area contributed by atoms with Crippen LogP contribution < -0.4 is 5.73 Å². The highest BCUT2D eigenvalue weighted by Gasteiger charge is 2.30. The number of benzene rings is 1. The van der Waals surface area contributed by atoms with Gasteiger partial charge in [-0.1, -0.05) is 36.9 Å². The number of hydrogen-bond donors (Lipinski definition) is 1. The fourth-order valence-corrected chi connectivity index (χ4v) is 3.95. The lowest BCUT2D eigenvalue weighted by atomic mass is 9.75. The normalized spacial score (nSPS) is 28.1. The van der Waals surface area contributed by atoms with Gasteiger partial charge in [0, 0.05) is 13.1 Å². The molecule has 3 heteroatoms. The number of halogens is 1. The van der Waals surface area contributed by atoms with Crippen LogP contribution in [0.4, 0.5) is 5.69 Å². The Morgan fingerprint density at radius 3 is 2.74 bits per heavy atom. The Kier molecular flexibility index (Phi) is 3.99. The summed E-state index contributed by atoms with van der Waals surface area (Å²) >= 11 is 6.10. The molecule has 0 bridgehead atoms. The van der Waals surface area contributed by atoms with Gasteiger partial charge in [0.15, 0.2) is 0 Å². The zero-order valence-corrected chi connectivity index (χ0v) is 12.2. The topological polar surface area (TPSA) is 29.3 Å². The van der Waals surface area contributed by atoms with E-state index in [0.717, 1.165) is 18.4 Å². The van der Waals surface area contributed by atoms with E-state index in [1.807, 2.05) is 12.1 Å². The summed E-state index contributed by atoms with van der Waals surface area (Å²) in [6, 6.07) is 6.04. The van der Waals surface area contributed by atoms with E-state index >= 15 is 0 Å². The standard InChI is InChI=1S/C16H23ClN2/c17-15-9-12(5-6-16(15)18)10-19-8-7-13-3-1-2-4-14(13)11-19/h5-6,9,13-14H,1-4,7-8,10-11,18H2. The summed E-state index contributed by atoms with van der Waals surface area (Å²) in [4.78, 5) is 2.59. The SMILES string of the molecule is Nc1ccc(CN2CCC3CCCCC3C2)cc1Cl. The minimum atomic E-state index is 0.677. The van der Waals surface area contributed by atoms with Crippen LogP contribution in [0.1, 0.15) is 37.7 Å². The first-order valence-corrected chi connectivity index (χ1v) is 7.86. The lowest BCUT2D eigenvalue weighted by molar-refractivity contribution is 0.0820. The molecule has 0 aromatic heterocycles. The van der Waals surface area contributed by atoms with Gasteiger partial charge in [-0.3, -0.25) is 4.90 Å². The van der Waals surface area contributed by atoms with Gasteiger partial charge in [0.2, 0.25) is 0 Å². The van der Waals surface area contributed by atoms with Gasteiger partial charge in [0.25, 0.3) is 0 Å². The maximum absolute atomic E-state index is 6.10. The van der Waals surface area contributed by atoms with Gasteiger partial charge in [-0.25, -0.2) is 0 Å². The summed E-state index contributed by atoms with van der Waals surface area (Å²) in [5.74, 6) is 1.94. The highest BCUT2D eigenvalue weighted by atomic mass is 35.5. The van der Waals surface area contributed by atoms with Crippen LogP contribution in [-0.4, -0.2) is 18.0 Å². The summed E-state index contributed by atoms with van der Waals surface area (Å²) in [5.41, 5.74) is 7.73. The van der Waals surface area contributed by atoms with Crippen LogP contribution in [0.5, 0.6) is 0 Å². The molecule has 104 valence electrons. The predicted octanol–water partition coefficient (Wildman–Crippen LogP) is 3.93. The van der Waals surface area contributed by atoms with Crippen LogP contribution in [0.15, 0.2) is 18.2 Å². The molecule has 1 aliphatic heterocycles. The van der Waals surface area contributed by atoms with E-state index in [2.05, 4.69) is 11.0 Å². The van der Waals surface area contributed by atoms with E-state index in [0.29, 0.717) is 10.7 Å². The number of fused-ring (bicyclic) bond motifs is 1. The number of likely N-dealkylation sites (tertiary alicyclic amines) is 1. The van der Waals surface area contributed by atoms with E-state index in [1.54, 1.807) is 0 Å². The molecule has 0 spiro atoms. The molecule has 1 saturated carbocycles. The Balaban J connectivity index is 1.62. The molecule has 2 atom stereocenters. The quantitative estimate of drug-likeness (QED) is 0.831. The Labute approximate surface area is 120 Å². The van der Waals surface area contributed by atoms with Crippen LogP contribution in [-0.2, 0) is 6.54 Å². The van der Waals surface area contributed by atoms with Crippen molar-refractivity contribution in [3.05, 3.63) is 28.8 Å². The Morgan fingerprint density at radius 1 is 1.16 bits per heavy atom. The molecular weight excluding hydrogens is 256 g/mol. The van der Waals surface area contributed by atoms with E-state index in [-0.39, 0.29) is 0 Å². The van der Waals surface area contributed by atoms with Gasteiger partial charge < -0.3 is 5.73 Å². The zero-order valence-electron chi connectivity index (χ0n) is 11.4. The largest absolute Gasteiger partial charge is 0.398 e. The van der Waals surface area contributed by atoms with Crippen LogP contribution in [0, 0.1) is 11.8 Å². The summed E-state index contributed by atoms with van der Waals surface area (Å²) in [7, 11) is 0. The molecule has 19 heavy (non-hydrogen) atoms. The third kappa shape index (κ3) is 3.06. The minimum Gasteiger partial charge on any atom is -0.398 e. The van der Waals surface area contributed by atoms with Crippen molar-refractivity contribution in [3.63, 3.8) is 0 Å². The first kappa shape index (κ1) is 13.3. The molecule has 1 heterocycles. The van der Waals surface area contributed by atoms with E-state index < -0.39 is 0 Å². The molecule has 1 saturated heterocycles. The maximum atomic E-state index is 6.10. The molecule has 2 nitrogen and oxygen atoms in total. The van der Waals surface area contributed by atoms with E-state index in [9.17, 15) is 0 Å². The van der Waals surface area contributed by atoms with Crippen molar-refractivity contribution in [2.24, 2.45) is 11.8 Å². The fourth-order valence-electron chi connectivity index (χ4n) is 3.75. The predicted molar refractivity (Wildman–Crippen MR) is 81.2 cm³/mol. The van der Waals surface area contributed by atoms with Gasteiger partial charge in [-0.15, -0.1) is 0 Å². The number of nitrogen functional groups attached to an aromatic ring is 1. The minimum absolute atomic E-state index is 0.677. The summed E-state index contributed by atoms with van der Waals surface area (Å²) in [6.07, 6.45) is 7.17. The number of anilines is 1. The average molecular weight is 279 g/mol. The van der Waals surface area contributed by atoms with Crippen LogP contribution in [0.25, 0.3) is 0 Å². The number of rotatable bonds is 2. The van der Waals surface area contributed by atoms with Crippen LogP contribution in [0.3, 0.4) is 0 Å². The van der Waals surface area contributed by atoms with Crippen LogP contribution in [0.2, 0.25) is 5.02 Å². The second-order valence-corrected chi connectivity index (χ2v) is 6.59. The van der Waals surface area contributed by atoms with E-state index in [1.165, 1.54) is 50.8 Å². The molecule has 1 aliphatic carbocycles. The van der Waals surface area contributed by atoms with Crippen molar-refractivity contribution in [1.29, 1.82) is 0 Å². The molecule has 1 aromatic rings. The maximum Gasteiger partial charge on any atom is 0.0638 e. The van der Waals surface area contributed by atoms with Gasteiger partial charge in [0.1, 0.15) is 0 Å². The second kappa shape index (κ2) is 5.72. The Morgan fingerprint density at radius 2 is 1.95 bits per heavy atom. The molecule has 3 rings (SSSR count). The summed E-state index contributed by atoms with van der Waals surface area (Å²) < 4.78 is 0. The first-order chi connectivity index (χ1) is 9.22. The zero-order chi connectivity index (χ0) is 13.2.